The summed E-state index contributed by atoms with van der Waals surface area (Å²) in [5.41, 5.74) is 2.63. The minimum Gasteiger partial charge on any atom is -0.539 e. The monoisotopic (exact) mass is 780 g/mol. The Kier molecular flexibility index (Phi) is 10.7. The number of β-lactam (4-membered cyclic amide) rings is 1. The van der Waals surface area contributed by atoms with E-state index >= 15 is 0 Å². The number of benzene rings is 3. The Balaban J connectivity index is 1.10. The Hall–Kier alpha value is -4.24. The standard InChI is InChI=1S/C37H37BCl2N3O9S/c1-48-26-7-3-22(4-8-26)19-50-29-12-11-28(30(39)33(29)51-20-23-5-9-27(49-2)10-6-23)34(44)41-14-16-43(15-13-25(41)18-43)17-24-21-53(47)36-31(40)35(45)42(36)32(24)37(46)52-38/h3-12,25,31,36H,13-21H2,1-2H3/q+1/t25-,31+,36+,43-,53?/m0/s1. The molecule has 3 saturated heterocycles. The summed E-state index contributed by atoms with van der Waals surface area (Å²) in [5, 5.41) is -1.62. The number of fused-ring (bicyclic) bond motifs is 3. The molecule has 2 amide bonds. The molecule has 5 atom stereocenters. The number of carbonyl (C=O) groups is 3. The van der Waals surface area contributed by atoms with E-state index in [1.54, 1.807) is 26.4 Å². The molecule has 0 saturated carbocycles. The molecule has 12 nitrogen and oxygen atoms in total. The van der Waals surface area contributed by atoms with Crippen molar-refractivity contribution in [2.24, 2.45) is 0 Å². The average Bonchev–Trinajstić information content (AvgIpc) is 3.50. The first kappa shape index (κ1) is 37.1. The second-order valence-corrected chi connectivity index (χ2v) is 15.9. The van der Waals surface area contributed by atoms with Crippen molar-refractivity contribution in [2.75, 3.05) is 52.7 Å². The van der Waals surface area contributed by atoms with Gasteiger partial charge in [0.1, 0.15) is 47.7 Å². The van der Waals surface area contributed by atoms with E-state index in [2.05, 4.69) is 4.65 Å². The Bertz CT molecular complexity index is 1980. The fraction of sp³-hybridized carbons (Fsp3) is 0.378. The maximum Gasteiger partial charge on any atom is 0.378 e. The third-order valence-corrected chi connectivity index (χ3v) is 13.0. The van der Waals surface area contributed by atoms with Gasteiger partial charge in [-0.15, -0.1) is 11.6 Å². The lowest BCUT2D eigenvalue weighted by Gasteiger charge is -2.48. The summed E-state index contributed by atoms with van der Waals surface area (Å²) < 4.78 is 41.2. The molecule has 2 bridgehead atoms. The maximum atomic E-state index is 14.3. The van der Waals surface area contributed by atoms with Gasteiger partial charge in [-0.1, -0.05) is 35.9 Å². The van der Waals surface area contributed by atoms with Crippen molar-refractivity contribution in [1.29, 1.82) is 0 Å². The molecule has 3 aromatic carbocycles. The van der Waals surface area contributed by atoms with Crippen LogP contribution in [0.1, 0.15) is 27.9 Å². The van der Waals surface area contributed by atoms with E-state index in [-0.39, 0.29) is 52.9 Å². The van der Waals surface area contributed by atoms with Crippen molar-refractivity contribution in [3.8, 4) is 23.0 Å². The number of halogens is 2. The molecule has 53 heavy (non-hydrogen) atoms. The summed E-state index contributed by atoms with van der Waals surface area (Å²) in [4.78, 5) is 42.7. The van der Waals surface area contributed by atoms with Crippen molar-refractivity contribution in [3.05, 3.63) is 93.6 Å². The van der Waals surface area contributed by atoms with E-state index in [4.69, 9.17) is 50.2 Å². The number of alkyl halides is 1. The van der Waals surface area contributed by atoms with Crippen LogP contribution >= 0.6 is 23.2 Å². The average molecular weight is 782 g/mol. The zero-order valence-corrected chi connectivity index (χ0v) is 31.5. The quantitative estimate of drug-likeness (QED) is 0.116. The largest absolute Gasteiger partial charge is 0.539 e. The maximum absolute atomic E-state index is 14.3. The minimum absolute atomic E-state index is 0.0247. The number of amides is 2. The molecule has 4 heterocycles. The van der Waals surface area contributed by atoms with Gasteiger partial charge in [0.15, 0.2) is 11.5 Å². The van der Waals surface area contributed by atoms with Crippen LogP contribution in [0.5, 0.6) is 23.0 Å². The number of rotatable bonds is 12. The molecule has 1 unspecified atom stereocenters. The van der Waals surface area contributed by atoms with Gasteiger partial charge in [0, 0.05) is 12.0 Å². The first-order valence-electron chi connectivity index (χ1n) is 17.0. The zero-order chi connectivity index (χ0) is 37.4. The van der Waals surface area contributed by atoms with Crippen molar-refractivity contribution >= 4 is 59.8 Å². The molecular weight excluding hydrogens is 744 g/mol. The molecule has 16 heteroatoms. The molecular formula is C37H37BCl2N3O9S+. The predicted molar refractivity (Wildman–Crippen MR) is 197 cm³/mol. The topological polar surface area (TPSA) is 121 Å². The normalized spacial score (nSPS) is 24.6. The van der Waals surface area contributed by atoms with Gasteiger partial charge in [0.25, 0.3) is 5.91 Å². The van der Waals surface area contributed by atoms with Crippen LogP contribution in [0.3, 0.4) is 0 Å². The van der Waals surface area contributed by atoms with Gasteiger partial charge in [-0.2, -0.15) is 0 Å². The van der Waals surface area contributed by atoms with Crippen molar-refractivity contribution < 1.29 is 46.7 Å². The number of quaternary nitrogens is 1. The van der Waals surface area contributed by atoms with E-state index in [0.29, 0.717) is 60.7 Å². The molecule has 0 spiro atoms. The third-order valence-electron chi connectivity index (χ3n) is 10.4. The van der Waals surface area contributed by atoms with E-state index in [1.807, 2.05) is 53.4 Å². The van der Waals surface area contributed by atoms with Crippen molar-refractivity contribution in [3.63, 3.8) is 0 Å². The smallest absolute Gasteiger partial charge is 0.378 e. The molecule has 0 aromatic heterocycles. The van der Waals surface area contributed by atoms with Crippen LogP contribution in [0.25, 0.3) is 0 Å². The van der Waals surface area contributed by atoms with Gasteiger partial charge in [-0.25, -0.2) is 4.79 Å². The number of nitrogens with zero attached hydrogens (tertiary/aromatic N) is 3. The van der Waals surface area contributed by atoms with E-state index in [1.165, 1.54) is 4.90 Å². The van der Waals surface area contributed by atoms with Gasteiger partial charge in [-0.05, 0) is 47.5 Å². The van der Waals surface area contributed by atoms with Crippen LogP contribution in [0, 0.1) is 0 Å². The van der Waals surface area contributed by atoms with Crippen LogP contribution in [0.2, 0.25) is 5.02 Å². The predicted octanol–water partition coefficient (Wildman–Crippen LogP) is 3.98. The summed E-state index contributed by atoms with van der Waals surface area (Å²) in [6.07, 6.45) is 0.704. The second-order valence-electron chi connectivity index (χ2n) is 13.5. The lowest BCUT2D eigenvalue weighted by atomic mass is 10.0. The SMILES string of the molecule is [B]OC(=O)C1=C(C[N@@+]23CC[C@@H](C2)N(C(=O)c2ccc(OCc4ccc(OC)cc4)c(OCc4ccc(OC)cc4)c2Cl)CC3)CS(=O)[C@@H]2[C@H](Cl)C(=O)N12. The molecule has 4 aliphatic heterocycles. The van der Waals surface area contributed by atoms with Gasteiger partial charge < -0.3 is 33.0 Å². The van der Waals surface area contributed by atoms with Crippen LogP contribution in [-0.2, 0) is 38.3 Å². The molecule has 2 radical (unpaired) electrons. The Morgan fingerprint density at radius 2 is 1.58 bits per heavy atom. The van der Waals surface area contributed by atoms with Gasteiger partial charge >= 0.3 is 14.0 Å². The molecule has 276 valence electrons. The number of ether oxygens (including phenoxy) is 4. The van der Waals surface area contributed by atoms with Crippen LogP contribution in [0.15, 0.2) is 71.9 Å². The van der Waals surface area contributed by atoms with E-state index < -0.39 is 33.4 Å². The Labute approximate surface area is 320 Å². The molecule has 0 aliphatic carbocycles. The first-order valence-corrected chi connectivity index (χ1v) is 19.2. The van der Waals surface area contributed by atoms with Crippen LogP contribution < -0.4 is 18.9 Å². The highest BCUT2D eigenvalue weighted by molar-refractivity contribution is 7.86. The molecule has 3 fully saturated rings. The summed E-state index contributed by atoms with van der Waals surface area (Å²) in [6.45, 7) is 3.07. The molecule has 7 rings (SSSR count). The van der Waals surface area contributed by atoms with E-state index in [9.17, 15) is 18.6 Å². The second kappa shape index (κ2) is 15.2. The highest BCUT2D eigenvalue weighted by Crippen LogP contribution is 2.42. The summed E-state index contributed by atoms with van der Waals surface area (Å²) >= 11 is 13.2. The highest BCUT2D eigenvalue weighted by Gasteiger charge is 2.57. The molecule has 0 N–H and O–H groups in total. The Morgan fingerprint density at radius 3 is 2.21 bits per heavy atom. The third kappa shape index (κ3) is 7.09. The lowest BCUT2D eigenvalue weighted by Crippen LogP contribution is -2.67. The first-order chi connectivity index (χ1) is 25.6. The zero-order valence-electron chi connectivity index (χ0n) is 29.1. The molecule has 3 aromatic rings. The van der Waals surface area contributed by atoms with Crippen LogP contribution in [0.4, 0.5) is 0 Å². The fourth-order valence-electron chi connectivity index (χ4n) is 7.61. The lowest BCUT2D eigenvalue weighted by molar-refractivity contribution is -0.916. The number of hydrogen-bond donors (Lipinski definition) is 0. The van der Waals surface area contributed by atoms with Crippen molar-refractivity contribution in [2.45, 2.75) is 36.4 Å². The fourth-order valence-corrected chi connectivity index (χ4v) is 10.0. The molecule has 4 aliphatic rings. The van der Waals surface area contributed by atoms with Gasteiger partial charge in [0.05, 0.1) is 73.6 Å². The summed E-state index contributed by atoms with van der Waals surface area (Å²) in [6, 6.07) is 18.2. The summed E-state index contributed by atoms with van der Waals surface area (Å²) in [7, 11) is 6.97. The Morgan fingerprint density at radius 1 is 0.943 bits per heavy atom. The highest BCUT2D eigenvalue weighted by atomic mass is 35.5. The van der Waals surface area contributed by atoms with Gasteiger partial charge in [-0.3, -0.25) is 18.7 Å². The van der Waals surface area contributed by atoms with Crippen molar-refractivity contribution in [1.82, 2.24) is 9.80 Å². The number of piperazine rings is 1. The minimum atomic E-state index is -1.49. The van der Waals surface area contributed by atoms with Crippen LogP contribution in [-0.4, -0.2) is 114 Å². The van der Waals surface area contributed by atoms with Gasteiger partial charge in [0.2, 0.25) is 5.91 Å². The van der Waals surface area contributed by atoms with E-state index in [0.717, 1.165) is 16.9 Å². The number of hydrogen-bond acceptors (Lipinski definition) is 9. The number of methoxy groups -OCH3 is 2. The summed E-state index contributed by atoms with van der Waals surface area (Å²) in [5.74, 6) is 0.571. The number of carbonyl (C=O) groups excluding carboxylic acids is 3.